The fourth-order valence-corrected chi connectivity index (χ4v) is 2.49. The first-order chi connectivity index (χ1) is 11.4. The van der Waals surface area contributed by atoms with E-state index >= 15 is 0 Å². The molecule has 2 aromatic rings. The van der Waals surface area contributed by atoms with Crippen LogP contribution < -0.4 is 16.2 Å². The summed E-state index contributed by atoms with van der Waals surface area (Å²) in [5.74, 6) is -0.113. The summed E-state index contributed by atoms with van der Waals surface area (Å²) in [5.41, 5.74) is 1.86. The minimum absolute atomic E-state index is 0.111. The molecule has 1 heterocycles. The molecule has 0 fully saturated rings. The fraction of sp³-hybridized carbons (Fsp3) is 0.444. The number of nitrogens with zero attached hydrogens (tertiary/aromatic N) is 2. The van der Waals surface area contributed by atoms with Crippen LogP contribution in [-0.2, 0) is 11.8 Å². The summed E-state index contributed by atoms with van der Waals surface area (Å²) in [5, 5.41) is 6.00. The second kappa shape index (κ2) is 7.38. The van der Waals surface area contributed by atoms with Crippen LogP contribution >= 0.6 is 0 Å². The minimum atomic E-state index is -0.489. The maximum Gasteiger partial charge on any atom is 0.295 e. The lowest BCUT2D eigenvalue weighted by Crippen LogP contribution is -2.42. The van der Waals surface area contributed by atoms with Crippen molar-refractivity contribution in [1.29, 1.82) is 0 Å². The summed E-state index contributed by atoms with van der Waals surface area (Å²) in [6.07, 6.45) is 0.865. The molecule has 1 aromatic heterocycles. The smallest absolute Gasteiger partial charge is 0.295 e. The van der Waals surface area contributed by atoms with E-state index in [0.717, 1.165) is 17.8 Å². The van der Waals surface area contributed by atoms with Crippen molar-refractivity contribution < 1.29 is 4.79 Å². The Labute approximate surface area is 142 Å². The highest BCUT2D eigenvalue weighted by Gasteiger charge is 2.21. The van der Waals surface area contributed by atoms with E-state index in [0.29, 0.717) is 5.69 Å². The van der Waals surface area contributed by atoms with Crippen LogP contribution in [0.1, 0.15) is 32.9 Å². The third kappa shape index (κ3) is 3.53. The number of nitrogens with one attached hydrogen (secondary N) is 2. The Kier molecular flexibility index (Phi) is 5.49. The lowest BCUT2D eigenvalue weighted by molar-refractivity contribution is -0.122. The Morgan fingerprint density at radius 3 is 2.42 bits per heavy atom. The van der Waals surface area contributed by atoms with Crippen LogP contribution in [0.25, 0.3) is 5.69 Å². The molecule has 0 bridgehead atoms. The molecule has 2 atom stereocenters. The number of para-hydroxylation sites is 1. The molecule has 1 amide bonds. The number of amides is 1. The van der Waals surface area contributed by atoms with Crippen molar-refractivity contribution in [3.05, 3.63) is 46.4 Å². The summed E-state index contributed by atoms with van der Waals surface area (Å²) in [4.78, 5) is 25.0. The first kappa shape index (κ1) is 17.8. The molecule has 6 heteroatoms. The average Bonchev–Trinajstić information content (AvgIpc) is 2.78. The van der Waals surface area contributed by atoms with Crippen molar-refractivity contribution in [2.75, 3.05) is 5.32 Å². The molecule has 0 spiro atoms. The molecule has 0 aliphatic carbocycles. The normalized spacial score (nSPS) is 13.4. The van der Waals surface area contributed by atoms with Gasteiger partial charge in [-0.05, 0) is 39.3 Å². The van der Waals surface area contributed by atoms with Gasteiger partial charge in [0.15, 0.2) is 0 Å². The van der Waals surface area contributed by atoms with Gasteiger partial charge in [0.05, 0.1) is 11.4 Å². The number of rotatable bonds is 6. The van der Waals surface area contributed by atoms with Crippen LogP contribution in [0.4, 0.5) is 5.69 Å². The van der Waals surface area contributed by atoms with Gasteiger partial charge in [-0.1, -0.05) is 25.1 Å². The molecule has 6 nitrogen and oxygen atoms in total. The third-order valence-corrected chi connectivity index (χ3v) is 4.31. The SMILES string of the molecule is CCC(C)NC(=O)C(C)Nc1c(C)n(C)n(-c2ccccc2)c1=O. The summed E-state index contributed by atoms with van der Waals surface area (Å²) < 4.78 is 3.39. The van der Waals surface area contributed by atoms with Crippen LogP contribution in [-0.4, -0.2) is 27.4 Å². The summed E-state index contributed by atoms with van der Waals surface area (Å²) in [6.45, 7) is 7.60. The Morgan fingerprint density at radius 1 is 1.21 bits per heavy atom. The van der Waals surface area contributed by atoms with Gasteiger partial charge >= 0.3 is 0 Å². The monoisotopic (exact) mass is 330 g/mol. The number of carbonyl (C=O) groups is 1. The number of hydrogen-bond donors (Lipinski definition) is 2. The second-order valence-electron chi connectivity index (χ2n) is 6.12. The van der Waals surface area contributed by atoms with E-state index < -0.39 is 6.04 Å². The maximum absolute atomic E-state index is 12.8. The van der Waals surface area contributed by atoms with Gasteiger partial charge < -0.3 is 10.6 Å². The van der Waals surface area contributed by atoms with Gasteiger partial charge in [0, 0.05) is 13.1 Å². The van der Waals surface area contributed by atoms with E-state index in [1.54, 1.807) is 16.3 Å². The quantitative estimate of drug-likeness (QED) is 0.853. The Morgan fingerprint density at radius 2 is 1.83 bits per heavy atom. The maximum atomic E-state index is 12.8. The van der Waals surface area contributed by atoms with E-state index in [1.165, 1.54) is 0 Å². The predicted molar refractivity (Wildman–Crippen MR) is 96.7 cm³/mol. The van der Waals surface area contributed by atoms with Crippen molar-refractivity contribution in [1.82, 2.24) is 14.7 Å². The van der Waals surface area contributed by atoms with Gasteiger partial charge in [-0.3, -0.25) is 14.3 Å². The zero-order valence-electron chi connectivity index (χ0n) is 15.0. The highest BCUT2D eigenvalue weighted by atomic mass is 16.2. The minimum Gasteiger partial charge on any atom is -0.368 e. The number of anilines is 1. The van der Waals surface area contributed by atoms with Gasteiger partial charge in [-0.25, -0.2) is 4.68 Å². The molecule has 2 rings (SSSR count). The van der Waals surface area contributed by atoms with Crippen molar-refractivity contribution >= 4 is 11.6 Å². The molecule has 1 aromatic carbocycles. The molecular formula is C18H26N4O2. The van der Waals surface area contributed by atoms with Gasteiger partial charge in [-0.2, -0.15) is 0 Å². The molecule has 0 aliphatic heterocycles. The van der Waals surface area contributed by atoms with Gasteiger partial charge in [0.2, 0.25) is 5.91 Å². The van der Waals surface area contributed by atoms with Crippen LogP contribution in [0, 0.1) is 6.92 Å². The van der Waals surface area contributed by atoms with E-state index in [4.69, 9.17) is 0 Å². The van der Waals surface area contributed by atoms with E-state index in [9.17, 15) is 9.59 Å². The first-order valence-electron chi connectivity index (χ1n) is 8.27. The topological polar surface area (TPSA) is 68.1 Å². The molecule has 2 unspecified atom stereocenters. The van der Waals surface area contributed by atoms with Gasteiger partial charge in [0.1, 0.15) is 11.7 Å². The molecule has 2 N–H and O–H groups in total. The highest BCUT2D eigenvalue weighted by molar-refractivity contribution is 5.84. The standard InChI is InChI=1S/C18H26N4O2/c1-6-12(2)19-17(23)13(3)20-16-14(4)21(5)22(18(16)24)15-10-8-7-9-11-15/h7-13,20H,6H2,1-5H3,(H,19,23). The molecule has 0 radical (unpaired) electrons. The van der Waals surface area contributed by atoms with E-state index in [-0.39, 0.29) is 17.5 Å². The van der Waals surface area contributed by atoms with E-state index in [1.807, 2.05) is 58.2 Å². The van der Waals surface area contributed by atoms with Crippen molar-refractivity contribution in [2.24, 2.45) is 7.05 Å². The number of aromatic nitrogens is 2. The zero-order valence-corrected chi connectivity index (χ0v) is 15.0. The highest BCUT2D eigenvalue weighted by Crippen LogP contribution is 2.14. The Bertz CT molecular complexity index is 761. The third-order valence-electron chi connectivity index (χ3n) is 4.31. The molecule has 24 heavy (non-hydrogen) atoms. The summed E-state index contributed by atoms with van der Waals surface area (Å²) in [7, 11) is 1.83. The largest absolute Gasteiger partial charge is 0.368 e. The first-order valence-corrected chi connectivity index (χ1v) is 8.27. The summed E-state index contributed by atoms with van der Waals surface area (Å²) >= 11 is 0. The van der Waals surface area contributed by atoms with Crippen LogP contribution in [0.2, 0.25) is 0 Å². The Balaban J connectivity index is 2.29. The summed E-state index contributed by atoms with van der Waals surface area (Å²) in [6, 6.07) is 9.06. The molecule has 130 valence electrons. The van der Waals surface area contributed by atoms with Crippen LogP contribution in [0.5, 0.6) is 0 Å². The average molecular weight is 330 g/mol. The van der Waals surface area contributed by atoms with Gasteiger partial charge in [0.25, 0.3) is 5.56 Å². The van der Waals surface area contributed by atoms with Crippen molar-refractivity contribution in [2.45, 2.75) is 46.2 Å². The molecule has 0 aliphatic rings. The van der Waals surface area contributed by atoms with Gasteiger partial charge in [-0.15, -0.1) is 0 Å². The van der Waals surface area contributed by atoms with Crippen molar-refractivity contribution in [3.63, 3.8) is 0 Å². The number of carbonyl (C=O) groups excluding carboxylic acids is 1. The Hall–Kier alpha value is -2.50. The fourth-order valence-electron chi connectivity index (χ4n) is 2.49. The lowest BCUT2D eigenvalue weighted by atomic mass is 10.2. The zero-order chi connectivity index (χ0) is 17.9. The van der Waals surface area contributed by atoms with Crippen LogP contribution in [0.15, 0.2) is 35.1 Å². The molecular weight excluding hydrogens is 304 g/mol. The number of hydrogen-bond acceptors (Lipinski definition) is 3. The molecule has 0 saturated heterocycles. The lowest BCUT2D eigenvalue weighted by Gasteiger charge is -2.17. The predicted octanol–water partition coefficient (Wildman–Crippen LogP) is 2.20. The van der Waals surface area contributed by atoms with E-state index in [2.05, 4.69) is 10.6 Å². The van der Waals surface area contributed by atoms with Crippen molar-refractivity contribution in [3.8, 4) is 5.69 Å². The number of benzene rings is 1. The second-order valence-corrected chi connectivity index (χ2v) is 6.12. The van der Waals surface area contributed by atoms with Crippen LogP contribution in [0.3, 0.4) is 0 Å². The molecule has 0 saturated carbocycles.